The topological polar surface area (TPSA) is 85.2 Å². The van der Waals surface area contributed by atoms with E-state index in [1.807, 2.05) is 29.7 Å². The highest BCUT2D eigenvalue weighted by atomic mass is 31.0. The smallest absolute Gasteiger partial charge is 0.409 e. The number of morpholine rings is 1. The predicted molar refractivity (Wildman–Crippen MR) is 122 cm³/mol. The molecule has 8 nitrogen and oxygen atoms in total. The maximum absolute atomic E-state index is 15.2. The summed E-state index contributed by atoms with van der Waals surface area (Å²) in [5.74, 6) is -0.496. The highest BCUT2D eigenvalue weighted by Gasteiger charge is 2.28. The van der Waals surface area contributed by atoms with Gasteiger partial charge in [-0.25, -0.2) is 14.2 Å². The van der Waals surface area contributed by atoms with Gasteiger partial charge < -0.3 is 24.1 Å². The second kappa shape index (κ2) is 9.22. The van der Waals surface area contributed by atoms with Crippen LogP contribution in [0.2, 0.25) is 0 Å². The van der Waals surface area contributed by atoms with Crippen molar-refractivity contribution >= 4 is 38.4 Å². The van der Waals surface area contributed by atoms with E-state index in [9.17, 15) is 9.59 Å². The third-order valence-electron chi connectivity index (χ3n) is 5.46. The summed E-state index contributed by atoms with van der Waals surface area (Å²) < 4.78 is 27.9. The van der Waals surface area contributed by atoms with Gasteiger partial charge in [-0.05, 0) is 42.1 Å². The van der Waals surface area contributed by atoms with Crippen molar-refractivity contribution in [3.8, 4) is 11.3 Å². The van der Waals surface area contributed by atoms with Crippen molar-refractivity contribution in [1.29, 1.82) is 0 Å². The fraction of sp³-hybridized carbons (Fsp3) is 0.318. The lowest BCUT2D eigenvalue weighted by molar-refractivity contribution is -0.105. The molecule has 10 heteroatoms. The number of pyridine rings is 1. The Hall–Kier alpha value is -3.03. The van der Waals surface area contributed by atoms with E-state index in [1.54, 1.807) is 11.0 Å². The first-order valence-electron chi connectivity index (χ1n) is 10.1. The largest absolute Gasteiger partial charge is 0.453 e. The fourth-order valence-electron chi connectivity index (χ4n) is 3.98. The molecule has 1 N–H and O–H groups in total. The van der Waals surface area contributed by atoms with E-state index in [-0.39, 0.29) is 6.10 Å². The fourth-order valence-corrected chi connectivity index (χ4v) is 4.43. The van der Waals surface area contributed by atoms with Crippen molar-refractivity contribution in [2.24, 2.45) is 0 Å². The zero-order chi connectivity index (χ0) is 22.8. The number of imidazole rings is 1. The minimum absolute atomic E-state index is 0.296. The minimum atomic E-state index is -0.496. The molecule has 4 rings (SSSR count). The number of anilines is 1. The number of rotatable bonds is 5. The number of amides is 2. The molecule has 1 fully saturated rings. The molecular weight excluding hydrogens is 434 g/mol. The number of hydrogen-bond donors (Lipinski definition) is 1. The zero-order valence-corrected chi connectivity index (χ0v) is 19.0. The highest BCUT2D eigenvalue weighted by molar-refractivity contribution is 7.28. The summed E-state index contributed by atoms with van der Waals surface area (Å²) in [6, 6.07) is 6.83. The molecule has 168 valence electrons. The van der Waals surface area contributed by atoms with Gasteiger partial charge in [0.2, 0.25) is 6.41 Å². The summed E-state index contributed by atoms with van der Waals surface area (Å²) in [5, 5.41) is 3.04. The second-order valence-corrected chi connectivity index (χ2v) is 8.26. The molecule has 32 heavy (non-hydrogen) atoms. The number of nitrogens with one attached hydrogen (secondary N) is 1. The molecule has 1 unspecified atom stereocenters. The Labute approximate surface area is 186 Å². The molecule has 2 amide bonds. The average Bonchev–Trinajstić information content (AvgIpc) is 3.10. The molecule has 0 bridgehead atoms. The number of carbonyl (C=O) groups is 2. The van der Waals surface area contributed by atoms with Gasteiger partial charge in [-0.1, -0.05) is 0 Å². The second-order valence-electron chi connectivity index (χ2n) is 7.64. The van der Waals surface area contributed by atoms with Gasteiger partial charge in [0.15, 0.2) is 0 Å². The molecule has 1 aliphatic heterocycles. The van der Waals surface area contributed by atoms with Crippen LogP contribution in [0.15, 0.2) is 30.5 Å². The molecule has 0 spiro atoms. The zero-order valence-electron chi connectivity index (χ0n) is 17.8. The Balaban J connectivity index is 1.78. The quantitative estimate of drug-likeness (QED) is 0.469. The summed E-state index contributed by atoms with van der Waals surface area (Å²) in [6.45, 7) is 3.18. The van der Waals surface area contributed by atoms with Crippen LogP contribution < -0.4 is 10.6 Å². The van der Waals surface area contributed by atoms with Crippen LogP contribution in [0.5, 0.6) is 0 Å². The van der Waals surface area contributed by atoms with Gasteiger partial charge in [-0.15, -0.1) is 9.24 Å². The van der Waals surface area contributed by atoms with Gasteiger partial charge in [0.05, 0.1) is 37.8 Å². The Morgan fingerprint density at radius 1 is 1.44 bits per heavy atom. The number of ether oxygens (including phenoxy) is 2. The van der Waals surface area contributed by atoms with Crippen molar-refractivity contribution in [3.05, 3.63) is 47.5 Å². The van der Waals surface area contributed by atoms with Gasteiger partial charge in [0.1, 0.15) is 11.5 Å². The molecule has 0 saturated carbocycles. The van der Waals surface area contributed by atoms with E-state index in [0.717, 1.165) is 11.3 Å². The van der Waals surface area contributed by atoms with Gasteiger partial charge in [-0.3, -0.25) is 4.79 Å². The molecule has 0 radical (unpaired) electrons. The molecule has 2 aromatic heterocycles. The number of hydrogen-bond acceptors (Lipinski definition) is 5. The lowest BCUT2D eigenvalue weighted by Crippen LogP contribution is -2.46. The predicted octanol–water partition coefficient (Wildman–Crippen LogP) is 2.53. The van der Waals surface area contributed by atoms with E-state index in [2.05, 4.69) is 14.6 Å². The van der Waals surface area contributed by atoms with Crippen LogP contribution >= 0.6 is 9.24 Å². The summed E-state index contributed by atoms with van der Waals surface area (Å²) in [7, 11) is 3.86. The number of aryl methyl sites for hydroxylation is 1. The van der Waals surface area contributed by atoms with Crippen LogP contribution in [0.4, 0.5) is 14.9 Å². The first-order valence-corrected chi connectivity index (χ1v) is 10.7. The van der Waals surface area contributed by atoms with Crippen molar-refractivity contribution in [3.63, 3.8) is 0 Å². The third kappa shape index (κ3) is 4.31. The van der Waals surface area contributed by atoms with Crippen molar-refractivity contribution in [1.82, 2.24) is 14.3 Å². The standard InChI is InChI=1S/C22H24FN4O4P/c1-13-3-4-27-17(10-15-11-26(5-6-31-15)22(29)30-2)21(25-19(27)7-13)20-16(23)8-14(24-12-28)9-18(20)32/h3-4,7-9,12,15H,5-6,10-11,32H2,1-2H3,(H,24,28)/t15-/m0/s1. The van der Waals surface area contributed by atoms with Crippen molar-refractivity contribution in [2.45, 2.75) is 19.4 Å². The molecule has 1 aromatic carbocycles. The molecule has 3 heterocycles. The van der Waals surface area contributed by atoms with E-state index >= 15 is 4.39 Å². The first-order chi connectivity index (χ1) is 15.4. The molecule has 0 aliphatic carbocycles. The highest BCUT2D eigenvalue weighted by Crippen LogP contribution is 2.30. The maximum Gasteiger partial charge on any atom is 0.409 e. The van der Waals surface area contributed by atoms with Crippen LogP contribution in [-0.4, -0.2) is 59.7 Å². The molecule has 2 atom stereocenters. The number of halogens is 1. The number of fused-ring (bicyclic) bond motifs is 1. The van der Waals surface area contributed by atoms with E-state index in [1.165, 1.54) is 13.2 Å². The van der Waals surface area contributed by atoms with Crippen molar-refractivity contribution < 1.29 is 23.5 Å². The summed E-state index contributed by atoms with van der Waals surface area (Å²) in [4.78, 5) is 29.1. The van der Waals surface area contributed by atoms with Crippen LogP contribution in [0.25, 0.3) is 16.9 Å². The third-order valence-corrected chi connectivity index (χ3v) is 5.91. The number of methoxy groups -OCH3 is 1. The van der Waals surface area contributed by atoms with Crippen LogP contribution in [0.1, 0.15) is 11.3 Å². The molecular formula is C22H24FN4O4P. The Morgan fingerprint density at radius 2 is 2.25 bits per heavy atom. The number of nitrogens with zero attached hydrogens (tertiary/aromatic N) is 3. The summed E-state index contributed by atoms with van der Waals surface area (Å²) in [6.07, 6.45) is 2.13. The summed E-state index contributed by atoms with van der Waals surface area (Å²) >= 11 is 0. The van der Waals surface area contributed by atoms with E-state index in [4.69, 9.17) is 14.5 Å². The number of carbonyl (C=O) groups excluding carboxylic acids is 2. The van der Waals surface area contributed by atoms with Gasteiger partial charge in [0.25, 0.3) is 0 Å². The average molecular weight is 458 g/mol. The Morgan fingerprint density at radius 3 is 2.97 bits per heavy atom. The summed E-state index contributed by atoms with van der Waals surface area (Å²) in [5.41, 5.74) is 3.68. The van der Waals surface area contributed by atoms with Crippen LogP contribution in [-0.2, 0) is 20.7 Å². The molecule has 1 saturated heterocycles. The van der Waals surface area contributed by atoms with Gasteiger partial charge in [0, 0.05) is 30.4 Å². The lowest BCUT2D eigenvalue weighted by atomic mass is 10.0. The first kappa shape index (κ1) is 22.2. The Kier molecular flexibility index (Phi) is 6.39. The number of benzene rings is 1. The van der Waals surface area contributed by atoms with E-state index < -0.39 is 11.9 Å². The number of aromatic nitrogens is 2. The SMILES string of the molecule is COC(=O)N1CCO[C@@H](Cc2c(-c3c(F)cc(NC=O)cc3P)nc3cc(C)ccn23)C1. The Bertz CT molecular complexity index is 1160. The van der Waals surface area contributed by atoms with Gasteiger partial charge >= 0.3 is 6.09 Å². The molecule has 1 aliphatic rings. The molecule has 3 aromatic rings. The van der Waals surface area contributed by atoms with Gasteiger partial charge in [-0.2, -0.15) is 0 Å². The van der Waals surface area contributed by atoms with E-state index in [0.29, 0.717) is 60.4 Å². The maximum atomic E-state index is 15.2. The normalized spacial score (nSPS) is 16.2. The van der Waals surface area contributed by atoms with Crippen molar-refractivity contribution in [2.75, 3.05) is 32.1 Å². The van der Waals surface area contributed by atoms with Crippen LogP contribution in [0.3, 0.4) is 0 Å². The minimum Gasteiger partial charge on any atom is -0.453 e. The monoisotopic (exact) mass is 458 g/mol. The lowest BCUT2D eigenvalue weighted by Gasteiger charge is -2.32. The van der Waals surface area contributed by atoms with Crippen LogP contribution in [0, 0.1) is 12.7 Å².